The van der Waals surface area contributed by atoms with Gasteiger partial charge in [0.15, 0.2) is 0 Å². The Balaban J connectivity index is 1.97. The minimum Gasteiger partial charge on any atom is -0.396 e. The molecule has 1 saturated carbocycles. The monoisotopic (exact) mass is 267 g/mol. The lowest BCUT2D eigenvalue weighted by atomic mass is 9.97. The van der Waals surface area contributed by atoms with Crippen LogP contribution in [0.4, 0.5) is 0 Å². The molecule has 1 aromatic heterocycles. The topological polar surface area (TPSA) is 115 Å². The van der Waals surface area contributed by atoms with E-state index in [2.05, 4.69) is 10.3 Å². The van der Waals surface area contributed by atoms with Crippen LogP contribution < -0.4 is 16.6 Å². The van der Waals surface area contributed by atoms with Crippen molar-refractivity contribution >= 4 is 5.91 Å². The number of H-pyrrole nitrogens is 2. The van der Waals surface area contributed by atoms with E-state index < -0.39 is 17.2 Å². The number of carbonyl (C=O) groups excluding carboxylic acids is 1. The summed E-state index contributed by atoms with van der Waals surface area (Å²) in [4.78, 5) is 38.2. The fourth-order valence-corrected chi connectivity index (χ4v) is 2.53. The van der Waals surface area contributed by atoms with E-state index in [1.807, 2.05) is 4.98 Å². The summed E-state index contributed by atoms with van der Waals surface area (Å²) >= 11 is 0. The molecule has 4 N–H and O–H groups in total. The van der Waals surface area contributed by atoms with E-state index in [0.717, 1.165) is 25.3 Å². The summed E-state index contributed by atoms with van der Waals surface area (Å²) in [6.07, 6.45) is 2.99. The van der Waals surface area contributed by atoms with Crippen LogP contribution in [0.3, 0.4) is 0 Å². The molecular weight excluding hydrogens is 250 g/mol. The van der Waals surface area contributed by atoms with Crippen LogP contribution in [0.15, 0.2) is 15.7 Å². The molecule has 7 heteroatoms. The third-order valence-electron chi connectivity index (χ3n) is 3.58. The molecule has 1 aliphatic carbocycles. The number of aliphatic hydroxyl groups is 1. The molecular formula is C12H17N3O4. The summed E-state index contributed by atoms with van der Waals surface area (Å²) in [5, 5.41) is 11.9. The minimum atomic E-state index is -0.702. The van der Waals surface area contributed by atoms with Gasteiger partial charge in [-0.25, -0.2) is 4.79 Å². The number of nitrogens with one attached hydrogen (secondary N) is 3. The molecule has 0 radical (unpaired) electrons. The van der Waals surface area contributed by atoms with Crippen LogP contribution in [0.25, 0.3) is 0 Å². The molecule has 0 spiro atoms. The number of hydrogen-bond acceptors (Lipinski definition) is 4. The highest BCUT2D eigenvalue weighted by Crippen LogP contribution is 2.30. The van der Waals surface area contributed by atoms with Crippen molar-refractivity contribution in [3.63, 3.8) is 0 Å². The van der Waals surface area contributed by atoms with Crippen molar-refractivity contribution in [2.75, 3.05) is 13.2 Å². The maximum absolute atomic E-state index is 11.8. The summed E-state index contributed by atoms with van der Waals surface area (Å²) in [5.74, 6) is -0.00650. The van der Waals surface area contributed by atoms with Gasteiger partial charge in [-0.1, -0.05) is 6.42 Å². The first-order valence-electron chi connectivity index (χ1n) is 6.33. The van der Waals surface area contributed by atoms with Crippen LogP contribution in [0.5, 0.6) is 0 Å². The van der Waals surface area contributed by atoms with E-state index in [0.29, 0.717) is 6.54 Å². The highest BCUT2D eigenvalue weighted by atomic mass is 16.3. The summed E-state index contributed by atoms with van der Waals surface area (Å²) in [5.41, 5.74) is -1.36. The van der Waals surface area contributed by atoms with Crippen LogP contribution in [-0.4, -0.2) is 34.1 Å². The van der Waals surface area contributed by atoms with Crippen LogP contribution in [0.2, 0.25) is 0 Å². The first kappa shape index (κ1) is 13.5. The molecule has 1 aliphatic rings. The maximum atomic E-state index is 11.8. The summed E-state index contributed by atoms with van der Waals surface area (Å²) in [6, 6.07) is 1.05. The van der Waals surface area contributed by atoms with E-state index in [4.69, 9.17) is 0 Å². The lowest BCUT2D eigenvalue weighted by molar-refractivity contribution is 0.0932. The maximum Gasteiger partial charge on any atom is 0.326 e. The molecule has 1 fully saturated rings. The highest BCUT2D eigenvalue weighted by Gasteiger charge is 2.26. The Kier molecular flexibility index (Phi) is 4.16. The zero-order chi connectivity index (χ0) is 13.8. The predicted molar refractivity (Wildman–Crippen MR) is 67.9 cm³/mol. The number of rotatable bonds is 4. The summed E-state index contributed by atoms with van der Waals surface area (Å²) in [7, 11) is 0. The lowest BCUT2D eigenvalue weighted by Gasteiger charge is -2.17. The van der Waals surface area contributed by atoms with Crippen molar-refractivity contribution in [2.24, 2.45) is 11.8 Å². The van der Waals surface area contributed by atoms with E-state index >= 15 is 0 Å². The number of hydrogen-bond donors (Lipinski definition) is 4. The van der Waals surface area contributed by atoms with Gasteiger partial charge in [0.1, 0.15) is 5.69 Å². The Morgan fingerprint density at radius 3 is 2.74 bits per heavy atom. The fraction of sp³-hybridized carbons (Fsp3) is 0.583. The molecule has 2 atom stereocenters. The molecule has 19 heavy (non-hydrogen) atoms. The first-order valence-corrected chi connectivity index (χ1v) is 6.33. The van der Waals surface area contributed by atoms with Crippen molar-refractivity contribution in [3.05, 3.63) is 32.6 Å². The molecule has 1 aromatic rings. The van der Waals surface area contributed by atoms with E-state index in [-0.39, 0.29) is 24.1 Å². The molecule has 0 saturated heterocycles. The Morgan fingerprint density at radius 1 is 1.32 bits per heavy atom. The highest BCUT2D eigenvalue weighted by molar-refractivity contribution is 5.91. The fourth-order valence-electron chi connectivity index (χ4n) is 2.53. The van der Waals surface area contributed by atoms with Gasteiger partial charge in [0.05, 0.1) is 0 Å². The molecule has 7 nitrogen and oxygen atoms in total. The largest absolute Gasteiger partial charge is 0.396 e. The molecule has 0 aromatic carbocycles. The quantitative estimate of drug-likeness (QED) is 0.571. The summed E-state index contributed by atoms with van der Waals surface area (Å²) < 4.78 is 0. The van der Waals surface area contributed by atoms with Crippen LogP contribution in [0.1, 0.15) is 29.8 Å². The van der Waals surface area contributed by atoms with Gasteiger partial charge in [-0.2, -0.15) is 0 Å². The van der Waals surface area contributed by atoms with E-state index in [9.17, 15) is 19.5 Å². The predicted octanol–water partition coefficient (Wildman–Crippen LogP) is -0.798. The van der Waals surface area contributed by atoms with Crippen molar-refractivity contribution in [2.45, 2.75) is 19.3 Å². The smallest absolute Gasteiger partial charge is 0.326 e. The van der Waals surface area contributed by atoms with Crippen LogP contribution in [-0.2, 0) is 0 Å². The van der Waals surface area contributed by atoms with Crippen LogP contribution >= 0.6 is 0 Å². The van der Waals surface area contributed by atoms with Gasteiger partial charge in [-0.15, -0.1) is 0 Å². The number of carbonyl (C=O) groups is 1. The SMILES string of the molecule is O=C(NCC1CCCC1CO)c1cc(=O)[nH]c(=O)[nH]1. The van der Waals surface area contributed by atoms with Gasteiger partial charge in [0.25, 0.3) is 11.5 Å². The van der Waals surface area contributed by atoms with Crippen molar-refractivity contribution < 1.29 is 9.90 Å². The lowest BCUT2D eigenvalue weighted by Crippen LogP contribution is -2.34. The third-order valence-corrected chi connectivity index (χ3v) is 3.58. The average molecular weight is 267 g/mol. The van der Waals surface area contributed by atoms with E-state index in [1.54, 1.807) is 0 Å². The minimum absolute atomic E-state index is 0.0488. The van der Waals surface area contributed by atoms with Gasteiger partial charge in [0.2, 0.25) is 0 Å². The molecule has 0 aliphatic heterocycles. The number of aromatic nitrogens is 2. The second-order valence-electron chi connectivity index (χ2n) is 4.85. The Morgan fingerprint density at radius 2 is 2.05 bits per heavy atom. The standard InChI is InChI=1S/C12H17N3O4/c16-6-8-3-1-2-7(8)5-13-11(18)9-4-10(17)15-12(19)14-9/h4,7-8,16H,1-3,5-6H2,(H,13,18)(H2,14,15,17,19). The van der Waals surface area contributed by atoms with E-state index in [1.165, 1.54) is 0 Å². The molecule has 2 rings (SSSR count). The average Bonchev–Trinajstić information content (AvgIpc) is 2.82. The zero-order valence-corrected chi connectivity index (χ0v) is 10.4. The Labute approximate surface area is 109 Å². The van der Waals surface area contributed by atoms with Crippen molar-refractivity contribution in [1.29, 1.82) is 0 Å². The zero-order valence-electron chi connectivity index (χ0n) is 10.4. The Bertz CT molecular complexity index is 534. The molecule has 2 unspecified atom stereocenters. The Hall–Kier alpha value is -1.89. The summed E-state index contributed by atoms with van der Waals surface area (Å²) in [6.45, 7) is 0.571. The van der Waals surface area contributed by atoms with Gasteiger partial charge < -0.3 is 15.4 Å². The number of aliphatic hydroxyl groups excluding tert-OH is 1. The number of aromatic amines is 2. The van der Waals surface area contributed by atoms with Gasteiger partial charge in [-0.3, -0.25) is 14.6 Å². The van der Waals surface area contributed by atoms with Gasteiger partial charge in [0, 0.05) is 19.2 Å². The third kappa shape index (κ3) is 3.31. The van der Waals surface area contributed by atoms with Crippen molar-refractivity contribution in [1.82, 2.24) is 15.3 Å². The van der Waals surface area contributed by atoms with Crippen LogP contribution in [0, 0.1) is 11.8 Å². The normalized spacial score (nSPS) is 22.4. The molecule has 104 valence electrons. The second-order valence-corrected chi connectivity index (χ2v) is 4.85. The van der Waals surface area contributed by atoms with Gasteiger partial charge >= 0.3 is 5.69 Å². The van der Waals surface area contributed by atoms with Gasteiger partial charge in [-0.05, 0) is 24.7 Å². The molecule has 1 heterocycles. The number of amides is 1. The second kappa shape index (κ2) is 5.83. The molecule has 1 amide bonds. The molecule has 0 bridgehead atoms. The first-order chi connectivity index (χ1) is 9.10. The van der Waals surface area contributed by atoms with Crippen molar-refractivity contribution in [3.8, 4) is 0 Å².